The van der Waals surface area contributed by atoms with Crippen molar-refractivity contribution in [2.45, 2.75) is 0 Å². The summed E-state index contributed by atoms with van der Waals surface area (Å²) in [6.45, 7) is 0.940. The third-order valence-corrected chi connectivity index (χ3v) is 2.87. The van der Waals surface area contributed by atoms with Gasteiger partial charge in [-0.2, -0.15) is 4.98 Å². The van der Waals surface area contributed by atoms with Crippen LogP contribution in [0.25, 0.3) is 10.2 Å². The first-order chi connectivity index (χ1) is 8.16. The van der Waals surface area contributed by atoms with Crippen molar-refractivity contribution in [1.82, 2.24) is 15.3 Å². The minimum atomic E-state index is -0.547. The van der Waals surface area contributed by atoms with E-state index in [0.717, 1.165) is 10.2 Å². The van der Waals surface area contributed by atoms with Crippen LogP contribution in [0.2, 0.25) is 0 Å². The molecule has 0 fully saturated rings. The van der Waals surface area contributed by atoms with Gasteiger partial charge >= 0.3 is 6.03 Å². The van der Waals surface area contributed by atoms with E-state index in [-0.39, 0.29) is 5.95 Å². The summed E-state index contributed by atoms with van der Waals surface area (Å²) in [6, 6.07) is 1.37. The lowest BCUT2D eigenvalue weighted by atomic mass is 10.4. The number of carbonyl (C=O) groups is 1. The molecule has 90 valence electrons. The maximum absolute atomic E-state index is 10.5. The molecule has 0 spiro atoms. The van der Waals surface area contributed by atoms with Crippen LogP contribution in [0.4, 0.5) is 16.6 Å². The number of primary amides is 1. The number of hydrogen-bond acceptors (Lipinski definition) is 6. The summed E-state index contributed by atoms with van der Waals surface area (Å²) in [6.07, 6.45) is 0. The molecule has 0 aliphatic carbocycles. The first-order valence-electron chi connectivity index (χ1n) is 4.94. The average Bonchev–Trinajstić information content (AvgIpc) is 2.71. The molecule has 7 nitrogen and oxygen atoms in total. The average molecular weight is 252 g/mol. The molecule has 6 N–H and O–H groups in total. The molecule has 0 saturated carbocycles. The van der Waals surface area contributed by atoms with E-state index < -0.39 is 6.03 Å². The van der Waals surface area contributed by atoms with Crippen LogP contribution in [0.5, 0.6) is 0 Å². The second-order valence-corrected chi connectivity index (χ2v) is 4.18. The van der Waals surface area contributed by atoms with Crippen molar-refractivity contribution in [3.05, 3.63) is 11.4 Å². The zero-order chi connectivity index (χ0) is 12.3. The third kappa shape index (κ3) is 2.72. The molecule has 0 saturated heterocycles. The van der Waals surface area contributed by atoms with Gasteiger partial charge in [-0.15, -0.1) is 11.3 Å². The normalized spacial score (nSPS) is 10.4. The maximum Gasteiger partial charge on any atom is 0.312 e. The van der Waals surface area contributed by atoms with Gasteiger partial charge in [-0.25, -0.2) is 9.78 Å². The highest BCUT2D eigenvalue weighted by Gasteiger charge is 2.06. The smallest absolute Gasteiger partial charge is 0.312 e. The number of urea groups is 1. The molecule has 0 atom stereocenters. The van der Waals surface area contributed by atoms with Crippen LogP contribution in [0.3, 0.4) is 0 Å². The van der Waals surface area contributed by atoms with E-state index in [9.17, 15) is 4.79 Å². The number of nitrogens with zero attached hydrogens (tertiary/aromatic N) is 2. The Bertz CT molecular complexity index is 539. The fourth-order valence-electron chi connectivity index (χ4n) is 1.37. The Morgan fingerprint density at radius 2 is 2.24 bits per heavy atom. The van der Waals surface area contributed by atoms with Crippen LogP contribution >= 0.6 is 11.3 Å². The summed E-state index contributed by atoms with van der Waals surface area (Å²) in [7, 11) is 0. The molecular weight excluding hydrogens is 240 g/mol. The van der Waals surface area contributed by atoms with Crippen LogP contribution in [-0.2, 0) is 0 Å². The molecule has 8 heteroatoms. The lowest BCUT2D eigenvalue weighted by Gasteiger charge is -2.07. The standard InChI is InChI=1S/C9H12N6OS/c10-8-14-6(12-2-3-13-9(11)16)5-1-4-17-7(5)15-8/h1,4H,2-3H2,(H3,11,13,16)(H3,10,12,14,15). The van der Waals surface area contributed by atoms with E-state index in [4.69, 9.17) is 11.5 Å². The first-order valence-corrected chi connectivity index (χ1v) is 5.82. The topological polar surface area (TPSA) is 119 Å². The Balaban J connectivity index is 2.07. The van der Waals surface area contributed by atoms with Crippen molar-refractivity contribution < 1.29 is 4.79 Å². The van der Waals surface area contributed by atoms with Crippen LogP contribution in [0.1, 0.15) is 0 Å². The largest absolute Gasteiger partial charge is 0.368 e. The van der Waals surface area contributed by atoms with Gasteiger partial charge in [-0.1, -0.05) is 0 Å². The number of carbonyl (C=O) groups excluding carboxylic acids is 1. The van der Waals surface area contributed by atoms with Gasteiger partial charge in [0, 0.05) is 13.1 Å². The van der Waals surface area contributed by atoms with Crippen molar-refractivity contribution in [3.63, 3.8) is 0 Å². The minimum Gasteiger partial charge on any atom is -0.368 e. The number of hydrogen-bond donors (Lipinski definition) is 4. The summed E-state index contributed by atoms with van der Waals surface area (Å²) in [5.74, 6) is 0.894. The molecule has 17 heavy (non-hydrogen) atoms. The second-order valence-electron chi connectivity index (χ2n) is 3.29. The highest BCUT2D eigenvalue weighted by atomic mass is 32.1. The highest BCUT2D eigenvalue weighted by Crippen LogP contribution is 2.25. The second kappa shape index (κ2) is 4.83. The summed E-state index contributed by atoms with van der Waals surface area (Å²) < 4.78 is 0. The minimum absolute atomic E-state index is 0.227. The number of thiophene rings is 1. The summed E-state index contributed by atoms with van der Waals surface area (Å²) in [4.78, 5) is 19.5. The number of anilines is 2. The van der Waals surface area contributed by atoms with Crippen molar-refractivity contribution >= 4 is 39.4 Å². The molecule has 0 bridgehead atoms. The molecule has 0 aliphatic heterocycles. The molecule has 2 aromatic rings. The van der Waals surface area contributed by atoms with E-state index >= 15 is 0 Å². The third-order valence-electron chi connectivity index (χ3n) is 2.06. The zero-order valence-corrected chi connectivity index (χ0v) is 9.75. The molecule has 2 rings (SSSR count). The van der Waals surface area contributed by atoms with Gasteiger partial charge in [0.1, 0.15) is 10.6 Å². The number of amides is 2. The zero-order valence-electron chi connectivity index (χ0n) is 8.93. The monoisotopic (exact) mass is 252 g/mol. The fourth-order valence-corrected chi connectivity index (χ4v) is 2.14. The van der Waals surface area contributed by atoms with E-state index in [2.05, 4.69) is 20.6 Å². The number of nitrogens with one attached hydrogen (secondary N) is 2. The Morgan fingerprint density at radius 3 is 3.00 bits per heavy atom. The lowest BCUT2D eigenvalue weighted by Crippen LogP contribution is -2.33. The van der Waals surface area contributed by atoms with Crippen LogP contribution < -0.4 is 22.1 Å². The van der Waals surface area contributed by atoms with Crippen molar-refractivity contribution in [3.8, 4) is 0 Å². The number of aromatic nitrogens is 2. The van der Waals surface area contributed by atoms with Gasteiger partial charge in [0.15, 0.2) is 0 Å². The molecule has 2 heterocycles. The number of nitrogen functional groups attached to an aromatic ring is 1. The van der Waals surface area contributed by atoms with Gasteiger partial charge in [-0.05, 0) is 11.4 Å². The highest BCUT2D eigenvalue weighted by molar-refractivity contribution is 7.16. The van der Waals surface area contributed by atoms with Gasteiger partial charge in [0.2, 0.25) is 5.95 Å². The van der Waals surface area contributed by atoms with Gasteiger partial charge < -0.3 is 22.1 Å². The van der Waals surface area contributed by atoms with Crippen molar-refractivity contribution in [1.29, 1.82) is 0 Å². The molecule has 2 amide bonds. The van der Waals surface area contributed by atoms with Crippen molar-refractivity contribution in [2.24, 2.45) is 5.73 Å². The number of nitrogens with two attached hydrogens (primary N) is 2. The van der Waals surface area contributed by atoms with Gasteiger partial charge in [0.05, 0.1) is 5.39 Å². The quantitative estimate of drug-likeness (QED) is 0.585. The summed E-state index contributed by atoms with van der Waals surface area (Å²) in [5, 5.41) is 8.39. The summed E-state index contributed by atoms with van der Waals surface area (Å²) in [5.41, 5.74) is 10.5. The van der Waals surface area contributed by atoms with E-state index in [1.54, 1.807) is 0 Å². The fraction of sp³-hybridized carbons (Fsp3) is 0.222. The Hall–Kier alpha value is -2.09. The van der Waals surface area contributed by atoms with Crippen LogP contribution in [-0.4, -0.2) is 29.1 Å². The predicted octanol–water partition coefficient (Wildman–Crippen LogP) is 0.354. The Labute approximate surface area is 101 Å². The summed E-state index contributed by atoms with van der Waals surface area (Å²) >= 11 is 1.50. The molecule has 2 aromatic heterocycles. The predicted molar refractivity (Wildman–Crippen MR) is 67.9 cm³/mol. The number of rotatable bonds is 4. The molecular formula is C9H12N6OS. The first kappa shape index (κ1) is 11.4. The Morgan fingerprint density at radius 1 is 1.41 bits per heavy atom. The molecule has 0 radical (unpaired) electrons. The van der Waals surface area contributed by atoms with Gasteiger partial charge in [-0.3, -0.25) is 0 Å². The van der Waals surface area contributed by atoms with Crippen molar-refractivity contribution in [2.75, 3.05) is 24.1 Å². The number of fused-ring (bicyclic) bond motifs is 1. The SMILES string of the molecule is NC(=O)NCCNc1nc(N)nc2sccc12. The lowest BCUT2D eigenvalue weighted by molar-refractivity contribution is 0.249. The molecule has 0 unspecified atom stereocenters. The molecule has 0 aliphatic rings. The van der Waals surface area contributed by atoms with Crippen LogP contribution in [0, 0.1) is 0 Å². The van der Waals surface area contributed by atoms with Gasteiger partial charge in [0.25, 0.3) is 0 Å². The maximum atomic E-state index is 10.5. The molecule has 0 aromatic carbocycles. The van der Waals surface area contributed by atoms with E-state index in [0.29, 0.717) is 18.9 Å². The van der Waals surface area contributed by atoms with E-state index in [1.165, 1.54) is 11.3 Å². The Kier molecular flexibility index (Phi) is 3.24. The van der Waals surface area contributed by atoms with Crippen LogP contribution in [0.15, 0.2) is 11.4 Å². The van der Waals surface area contributed by atoms with E-state index in [1.807, 2.05) is 11.4 Å².